The summed E-state index contributed by atoms with van der Waals surface area (Å²) in [7, 11) is 1.25. The monoisotopic (exact) mass is 403 g/mol. The molecule has 0 aliphatic heterocycles. The predicted molar refractivity (Wildman–Crippen MR) is 115 cm³/mol. The Kier molecular flexibility index (Phi) is 9.65. The summed E-state index contributed by atoms with van der Waals surface area (Å²) in [5, 5.41) is 12.9. The molecule has 2 atom stereocenters. The Morgan fingerprint density at radius 2 is 1.69 bits per heavy atom. The summed E-state index contributed by atoms with van der Waals surface area (Å²) in [6, 6.07) is 8.68. The van der Waals surface area contributed by atoms with Gasteiger partial charge in [-0.05, 0) is 43.2 Å². The molecule has 1 aliphatic rings. The first-order chi connectivity index (χ1) is 14.0. The fraction of sp³-hybridized carbons (Fsp3) is 0.667. The minimum absolute atomic E-state index is 0.0117. The maximum atomic E-state index is 12.0. The van der Waals surface area contributed by atoms with Crippen LogP contribution in [0.15, 0.2) is 24.3 Å². The van der Waals surface area contributed by atoms with Crippen molar-refractivity contribution in [1.29, 1.82) is 0 Å². The second-order valence-electron chi connectivity index (χ2n) is 8.39. The molecule has 0 spiro atoms. The number of methoxy groups -OCH3 is 1. The molecule has 0 radical (unpaired) electrons. The number of benzene rings is 1. The Bertz CT molecular complexity index is 643. The van der Waals surface area contributed by atoms with Crippen molar-refractivity contribution in [3.8, 4) is 0 Å². The molecule has 1 aliphatic carbocycles. The van der Waals surface area contributed by atoms with Crippen LogP contribution in [-0.4, -0.2) is 30.2 Å². The average molecular weight is 404 g/mol. The number of nitrogens with one attached hydrogen (secondary N) is 1. The number of hydrogen-bond acceptors (Lipinski definition) is 4. The summed E-state index contributed by atoms with van der Waals surface area (Å²) in [6.07, 6.45) is 11.7. The molecule has 1 aromatic carbocycles. The minimum atomic E-state index is -1.40. The molecular weight excluding hydrogens is 366 g/mol. The van der Waals surface area contributed by atoms with E-state index < -0.39 is 17.4 Å². The molecule has 29 heavy (non-hydrogen) atoms. The van der Waals surface area contributed by atoms with E-state index in [4.69, 9.17) is 4.74 Å². The maximum absolute atomic E-state index is 12.0. The normalized spacial score (nSPS) is 21.2. The molecule has 2 rings (SSSR count). The van der Waals surface area contributed by atoms with Crippen molar-refractivity contribution in [2.75, 3.05) is 7.11 Å². The summed E-state index contributed by atoms with van der Waals surface area (Å²) < 4.78 is 4.74. The number of hydrogen-bond donors (Lipinski definition) is 2. The zero-order valence-electron chi connectivity index (χ0n) is 18.0. The van der Waals surface area contributed by atoms with Crippen molar-refractivity contribution in [2.24, 2.45) is 5.41 Å². The van der Waals surface area contributed by atoms with Gasteiger partial charge in [-0.25, -0.2) is 0 Å². The van der Waals surface area contributed by atoms with E-state index in [2.05, 4.69) is 36.5 Å². The number of rotatable bonds is 13. The highest BCUT2D eigenvalue weighted by Gasteiger charge is 2.52. The molecule has 0 amide bonds. The van der Waals surface area contributed by atoms with Gasteiger partial charge in [0.1, 0.15) is 0 Å². The van der Waals surface area contributed by atoms with Crippen LogP contribution >= 0.6 is 0 Å². The smallest absolute Gasteiger partial charge is 0.323 e. The van der Waals surface area contributed by atoms with Crippen LogP contribution in [0, 0.1) is 5.41 Å². The number of aryl methyl sites for hydroxylation is 1. The first-order valence-electron chi connectivity index (χ1n) is 11.1. The van der Waals surface area contributed by atoms with Gasteiger partial charge in [0.25, 0.3) is 0 Å². The van der Waals surface area contributed by atoms with Gasteiger partial charge in [0.05, 0.1) is 7.11 Å². The van der Waals surface area contributed by atoms with Crippen LogP contribution in [0.2, 0.25) is 0 Å². The van der Waals surface area contributed by atoms with Gasteiger partial charge < -0.3 is 15.2 Å². The van der Waals surface area contributed by atoms with Crippen molar-refractivity contribution >= 4 is 11.9 Å². The van der Waals surface area contributed by atoms with Gasteiger partial charge in [0.15, 0.2) is 5.41 Å². The lowest BCUT2D eigenvalue weighted by atomic mass is 9.86. The van der Waals surface area contributed by atoms with Crippen LogP contribution in [0.1, 0.15) is 82.3 Å². The Morgan fingerprint density at radius 3 is 2.31 bits per heavy atom. The van der Waals surface area contributed by atoms with E-state index in [9.17, 15) is 14.7 Å². The molecule has 0 aromatic heterocycles. The van der Waals surface area contributed by atoms with E-state index in [1.807, 2.05) is 0 Å². The highest BCUT2D eigenvalue weighted by Crippen LogP contribution is 2.39. The third-order valence-electron chi connectivity index (χ3n) is 6.19. The molecule has 5 heteroatoms. The molecule has 5 nitrogen and oxygen atoms in total. The summed E-state index contributed by atoms with van der Waals surface area (Å²) in [5.41, 5.74) is 1.16. The molecular formula is C24H37NO4. The van der Waals surface area contributed by atoms with Gasteiger partial charge in [0.2, 0.25) is 0 Å². The molecule has 2 N–H and O–H groups in total. The summed E-state index contributed by atoms with van der Waals surface area (Å²) in [4.78, 5) is 23.6. The van der Waals surface area contributed by atoms with E-state index in [1.165, 1.54) is 63.2 Å². The predicted octanol–water partition coefficient (Wildman–Crippen LogP) is 4.87. The lowest BCUT2D eigenvalue weighted by molar-refractivity contribution is -0.166. The summed E-state index contributed by atoms with van der Waals surface area (Å²) >= 11 is 0. The lowest BCUT2D eigenvalue weighted by Crippen LogP contribution is -2.39. The van der Waals surface area contributed by atoms with E-state index >= 15 is 0 Å². The van der Waals surface area contributed by atoms with Gasteiger partial charge in [0, 0.05) is 12.6 Å². The molecule has 1 aromatic rings. The Morgan fingerprint density at radius 1 is 1.07 bits per heavy atom. The molecule has 0 saturated heterocycles. The van der Waals surface area contributed by atoms with Gasteiger partial charge in [-0.15, -0.1) is 0 Å². The van der Waals surface area contributed by atoms with Crippen LogP contribution in [0.5, 0.6) is 0 Å². The first kappa shape index (κ1) is 23.4. The van der Waals surface area contributed by atoms with E-state index in [0.717, 1.165) is 6.42 Å². The van der Waals surface area contributed by atoms with Crippen molar-refractivity contribution in [2.45, 2.75) is 90.1 Å². The van der Waals surface area contributed by atoms with Crippen molar-refractivity contribution in [1.82, 2.24) is 5.32 Å². The number of ether oxygens (including phenoxy) is 1. The van der Waals surface area contributed by atoms with E-state index in [0.29, 0.717) is 19.4 Å². The number of carbonyl (C=O) groups excluding carboxylic acids is 1. The zero-order valence-corrected chi connectivity index (χ0v) is 18.0. The highest BCUT2D eigenvalue weighted by molar-refractivity contribution is 5.99. The van der Waals surface area contributed by atoms with Crippen LogP contribution in [0.25, 0.3) is 0 Å². The molecule has 2 unspecified atom stereocenters. The van der Waals surface area contributed by atoms with Crippen molar-refractivity contribution in [3.63, 3.8) is 0 Å². The van der Waals surface area contributed by atoms with Gasteiger partial charge in [-0.1, -0.05) is 69.7 Å². The molecule has 1 fully saturated rings. The quantitative estimate of drug-likeness (QED) is 0.279. The first-order valence-corrected chi connectivity index (χ1v) is 11.1. The zero-order chi connectivity index (χ0) is 21.1. The number of carboxylic acid groups (broad SMARTS) is 1. The number of esters is 1. The minimum Gasteiger partial charge on any atom is -0.480 e. The fourth-order valence-electron chi connectivity index (χ4n) is 4.25. The standard InChI is InChI=1S/C24H37NO4/c1-3-4-5-6-7-8-9-10-19-11-13-20(14-12-19)18-25-21-15-16-24(17-21,22(26)27)23(28)29-2/h11-14,21,25H,3-10,15-18H2,1-2H3,(H,26,27). The third-order valence-corrected chi connectivity index (χ3v) is 6.19. The fourth-order valence-corrected chi connectivity index (χ4v) is 4.25. The number of carbonyl (C=O) groups is 2. The van der Waals surface area contributed by atoms with Crippen LogP contribution < -0.4 is 5.32 Å². The maximum Gasteiger partial charge on any atom is 0.323 e. The van der Waals surface area contributed by atoms with Crippen molar-refractivity contribution < 1.29 is 19.4 Å². The van der Waals surface area contributed by atoms with Crippen molar-refractivity contribution in [3.05, 3.63) is 35.4 Å². The Balaban J connectivity index is 1.71. The number of aliphatic carboxylic acids is 1. The number of carboxylic acids is 1. The topological polar surface area (TPSA) is 75.6 Å². The average Bonchev–Trinajstić information content (AvgIpc) is 3.17. The molecule has 1 saturated carbocycles. The molecule has 0 bridgehead atoms. The third kappa shape index (κ3) is 6.84. The molecule has 0 heterocycles. The van der Waals surface area contributed by atoms with Gasteiger partial charge >= 0.3 is 11.9 Å². The molecule has 162 valence electrons. The van der Waals surface area contributed by atoms with Gasteiger partial charge in [-0.2, -0.15) is 0 Å². The number of unbranched alkanes of at least 4 members (excludes halogenated alkanes) is 6. The lowest BCUT2D eigenvalue weighted by Gasteiger charge is -2.21. The second-order valence-corrected chi connectivity index (χ2v) is 8.39. The van der Waals surface area contributed by atoms with Crippen LogP contribution in [-0.2, 0) is 27.3 Å². The Labute approximate surface area is 175 Å². The Hall–Kier alpha value is -1.88. The summed E-state index contributed by atoms with van der Waals surface area (Å²) in [5.74, 6) is -1.72. The SMILES string of the molecule is CCCCCCCCCc1ccc(CNC2CCC(C(=O)O)(C(=O)OC)C2)cc1. The van der Waals surface area contributed by atoms with E-state index in [1.54, 1.807) is 0 Å². The highest BCUT2D eigenvalue weighted by atomic mass is 16.5. The summed E-state index contributed by atoms with van der Waals surface area (Å²) in [6.45, 7) is 2.93. The second kappa shape index (κ2) is 12.0. The van der Waals surface area contributed by atoms with Crippen LogP contribution in [0.3, 0.4) is 0 Å². The van der Waals surface area contributed by atoms with Gasteiger partial charge in [-0.3, -0.25) is 9.59 Å². The largest absolute Gasteiger partial charge is 0.480 e. The van der Waals surface area contributed by atoms with E-state index in [-0.39, 0.29) is 12.5 Å². The van der Waals surface area contributed by atoms with Crippen LogP contribution in [0.4, 0.5) is 0 Å².